The molecular weight excluding hydrogens is 248 g/mol. The highest BCUT2D eigenvalue weighted by molar-refractivity contribution is 5.55. The minimum Gasteiger partial charge on any atom is -0.490 e. The molecule has 2 aromatic rings. The highest BCUT2D eigenvalue weighted by Gasteiger charge is 2.02. The van der Waals surface area contributed by atoms with Crippen molar-refractivity contribution in [1.29, 1.82) is 0 Å². The van der Waals surface area contributed by atoms with E-state index in [2.05, 4.69) is 23.5 Å². The average Bonchev–Trinajstić information content (AvgIpc) is 2.52. The van der Waals surface area contributed by atoms with E-state index in [9.17, 15) is 0 Å². The maximum atomic E-state index is 5.45. The molecule has 0 aliphatic heterocycles. The first-order valence-electron chi connectivity index (χ1n) is 6.98. The number of rotatable bonds is 7. The molecule has 0 saturated heterocycles. The number of hydrogen-bond acceptors (Lipinski definition) is 3. The van der Waals surface area contributed by atoms with E-state index in [0.29, 0.717) is 6.61 Å². The molecule has 1 aromatic heterocycles. The van der Waals surface area contributed by atoms with Gasteiger partial charge in [-0.1, -0.05) is 26.0 Å². The van der Waals surface area contributed by atoms with Crippen LogP contribution in [0.1, 0.15) is 25.3 Å². The number of aryl methyl sites for hydroxylation is 1. The van der Waals surface area contributed by atoms with Crippen molar-refractivity contribution in [2.45, 2.75) is 26.2 Å². The lowest BCUT2D eigenvalue weighted by Crippen LogP contribution is -1.94. The number of unbranched alkanes of at least 4 members (excludes halogenated alkanes) is 1. The molecule has 0 fully saturated rings. The average molecular weight is 268 g/mol. The quantitative estimate of drug-likeness (QED) is 0.710. The van der Waals surface area contributed by atoms with Crippen LogP contribution in [0.25, 0.3) is 11.4 Å². The molecule has 0 atom stereocenters. The highest BCUT2D eigenvalue weighted by atomic mass is 16.5. The Kier molecular flexibility index (Phi) is 5.30. The van der Waals surface area contributed by atoms with Gasteiger partial charge in [0.1, 0.15) is 12.4 Å². The first kappa shape index (κ1) is 14.3. The Labute approximate surface area is 120 Å². The minimum absolute atomic E-state index is 0.516. The van der Waals surface area contributed by atoms with Crippen LogP contribution in [0.2, 0.25) is 0 Å². The van der Waals surface area contributed by atoms with Gasteiger partial charge in [0.05, 0.1) is 0 Å². The Morgan fingerprint density at radius 3 is 2.45 bits per heavy atom. The normalized spacial score (nSPS) is 10.2. The standard InChI is InChI=1S/C17H20N2O/c1-3-5-6-14-12-18-17(19-13-14)15-7-9-16(10-8-15)20-11-4-2/h4,7-10,12-13H,2-3,5-6,11H2,1H3. The van der Waals surface area contributed by atoms with Crippen molar-refractivity contribution in [3.8, 4) is 17.1 Å². The van der Waals surface area contributed by atoms with E-state index >= 15 is 0 Å². The van der Waals surface area contributed by atoms with Gasteiger partial charge in [0.2, 0.25) is 0 Å². The molecule has 104 valence electrons. The fourth-order valence-corrected chi connectivity index (χ4v) is 1.87. The molecule has 2 rings (SSSR count). The largest absolute Gasteiger partial charge is 0.490 e. The molecule has 0 saturated carbocycles. The van der Waals surface area contributed by atoms with Crippen LogP contribution in [0.3, 0.4) is 0 Å². The summed E-state index contributed by atoms with van der Waals surface area (Å²) in [4.78, 5) is 8.85. The minimum atomic E-state index is 0.516. The molecule has 3 nitrogen and oxygen atoms in total. The van der Waals surface area contributed by atoms with E-state index < -0.39 is 0 Å². The summed E-state index contributed by atoms with van der Waals surface area (Å²) in [5.74, 6) is 1.58. The molecule has 1 heterocycles. The van der Waals surface area contributed by atoms with Crippen molar-refractivity contribution >= 4 is 0 Å². The smallest absolute Gasteiger partial charge is 0.159 e. The lowest BCUT2D eigenvalue weighted by atomic mass is 10.1. The molecule has 3 heteroatoms. The van der Waals surface area contributed by atoms with Crippen molar-refractivity contribution in [3.05, 3.63) is 54.9 Å². The third-order valence-electron chi connectivity index (χ3n) is 3.00. The maximum Gasteiger partial charge on any atom is 0.159 e. The Morgan fingerprint density at radius 2 is 1.85 bits per heavy atom. The fraction of sp³-hybridized carbons (Fsp3) is 0.294. The monoisotopic (exact) mass is 268 g/mol. The van der Waals surface area contributed by atoms with Gasteiger partial charge in [-0.3, -0.25) is 0 Å². The van der Waals surface area contributed by atoms with Crippen LogP contribution < -0.4 is 4.74 Å². The second-order valence-electron chi connectivity index (χ2n) is 4.64. The van der Waals surface area contributed by atoms with E-state index in [1.807, 2.05) is 36.7 Å². The fourth-order valence-electron chi connectivity index (χ4n) is 1.87. The van der Waals surface area contributed by atoms with Gasteiger partial charge < -0.3 is 4.74 Å². The molecule has 1 aromatic carbocycles. The predicted octanol–water partition coefficient (Wildman–Crippen LogP) is 4.05. The van der Waals surface area contributed by atoms with Crippen LogP contribution in [-0.4, -0.2) is 16.6 Å². The number of aromatic nitrogens is 2. The van der Waals surface area contributed by atoms with Crippen molar-refractivity contribution in [2.24, 2.45) is 0 Å². The summed E-state index contributed by atoms with van der Waals surface area (Å²) in [6, 6.07) is 7.79. The number of hydrogen-bond donors (Lipinski definition) is 0. The summed E-state index contributed by atoms with van der Waals surface area (Å²) in [5.41, 5.74) is 2.19. The van der Waals surface area contributed by atoms with E-state index in [-0.39, 0.29) is 0 Å². The summed E-state index contributed by atoms with van der Waals surface area (Å²) in [5, 5.41) is 0. The second kappa shape index (κ2) is 7.43. The van der Waals surface area contributed by atoms with Gasteiger partial charge in [-0.25, -0.2) is 9.97 Å². The number of ether oxygens (including phenoxy) is 1. The molecule has 0 amide bonds. The van der Waals surface area contributed by atoms with Crippen LogP contribution in [0.15, 0.2) is 49.3 Å². The van der Waals surface area contributed by atoms with Crippen LogP contribution in [0.5, 0.6) is 5.75 Å². The Balaban J connectivity index is 2.05. The van der Waals surface area contributed by atoms with Gasteiger partial charge in [0, 0.05) is 18.0 Å². The summed E-state index contributed by atoms with van der Waals surface area (Å²) in [6.07, 6.45) is 8.98. The Hall–Kier alpha value is -2.16. The van der Waals surface area contributed by atoms with Crippen LogP contribution in [0.4, 0.5) is 0 Å². The van der Waals surface area contributed by atoms with E-state index in [1.54, 1.807) is 6.08 Å². The first-order valence-corrected chi connectivity index (χ1v) is 6.98. The van der Waals surface area contributed by atoms with E-state index in [1.165, 1.54) is 18.4 Å². The van der Waals surface area contributed by atoms with Gasteiger partial charge in [0.25, 0.3) is 0 Å². The van der Waals surface area contributed by atoms with E-state index in [4.69, 9.17) is 4.74 Å². The summed E-state index contributed by atoms with van der Waals surface area (Å²) < 4.78 is 5.45. The van der Waals surface area contributed by atoms with Gasteiger partial charge in [0.15, 0.2) is 5.82 Å². The molecule has 0 unspecified atom stereocenters. The highest BCUT2D eigenvalue weighted by Crippen LogP contribution is 2.19. The van der Waals surface area contributed by atoms with Crippen LogP contribution >= 0.6 is 0 Å². The number of benzene rings is 1. The topological polar surface area (TPSA) is 35.0 Å². The zero-order valence-electron chi connectivity index (χ0n) is 11.9. The van der Waals surface area contributed by atoms with Crippen molar-refractivity contribution in [3.63, 3.8) is 0 Å². The first-order chi connectivity index (χ1) is 9.83. The predicted molar refractivity (Wildman–Crippen MR) is 81.8 cm³/mol. The SMILES string of the molecule is C=CCOc1ccc(-c2ncc(CCCC)cn2)cc1. The van der Waals surface area contributed by atoms with Crippen LogP contribution in [-0.2, 0) is 6.42 Å². The molecule has 0 bridgehead atoms. The summed E-state index contributed by atoms with van der Waals surface area (Å²) in [6.45, 7) is 6.33. The molecule has 0 aliphatic rings. The third kappa shape index (κ3) is 3.92. The van der Waals surface area contributed by atoms with Gasteiger partial charge in [-0.05, 0) is 42.7 Å². The Morgan fingerprint density at radius 1 is 1.15 bits per heavy atom. The third-order valence-corrected chi connectivity index (χ3v) is 3.00. The Bertz CT molecular complexity index is 532. The summed E-state index contributed by atoms with van der Waals surface area (Å²) >= 11 is 0. The molecule has 0 aliphatic carbocycles. The lowest BCUT2D eigenvalue weighted by molar-refractivity contribution is 0.363. The van der Waals surface area contributed by atoms with Gasteiger partial charge >= 0.3 is 0 Å². The van der Waals surface area contributed by atoms with Crippen molar-refractivity contribution < 1.29 is 4.74 Å². The molecular formula is C17H20N2O. The zero-order chi connectivity index (χ0) is 14.2. The van der Waals surface area contributed by atoms with Crippen molar-refractivity contribution in [2.75, 3.05) is 6.61 Å². The van der Waals surface area contributed by atoms with E-state index in [0.717, 1.165) is 23.6 Å². The zero-order valence-corrected chi connectivity index (χ0v) is 11.9. The maximum absolute atomic E-state index is 5.45. The summed E-state index contributed by atoms with van der Waals surface area (Å²) in [7, 11) is 0. The van der Waals surface area contributed by atoms with Crippen LogP contribution in [0, 0.1) is 0 Å². The van der Waals surface area contributed by atoms with Gasteiger partial charge in [-0.15, -0.1) is 0 Å². The number of nitrogens with zero attached hydrogens (tertiary/aromatic N) is 2. The lowest BCUT2D eigenvalue weighted by Gasteiger charge is -2.05. The molecule has 20 heavy (non-hydrogen) atoms. The molecule has 0 N–H and O–H groups in total. The second-order valence-corrected chi connectivity index (χ2v) is 4.64. The van der Waals surface area contributed by atoms with Crippen molar-refractivity contribution in [1.82, 2.24) is 9.97 Å². The molecule has 0 radical (unpaired) electrons. The molecule has 0 spiro atoms. The van der Waals surface area contributed by atoms with Gasteiger partial charge in [-0.2, -0.15) is 0 Å².